The molecule has 0 aliphatic heterocycles. The summed E-state index contributed by atoms with van der Waals surface area (Å²) in [6.45, 7) is 9.35. The van der Waals surface area contributed by atoms with Crippen molar-refractivity contribution in [3.8, 4) is 0 Å². The molecular weight excluding hydrogens is 400 g/mol. The van der Waals surface area contributed by atoms with Gasteiger partial charge >= 0.3 is 6.03 Å². The number of rotatable bonds is 9. The van der Waals surface area contributed by atoms with E-state index in [0.717, 1.165) is 29.7 Å². The van der Waals surface area contributed by atoms with E-state index in [0.29, 0.717) is 19.6 Å². The number of carbonyl (C=O) groups is 1. The maximum absolute atomic E-state index is 13.3. The number of imidazole rings is 1. The average Bonchev–Trinajstić information content (AvgIpc) is 3.43. The summed E-state index contributed by atoms with van der Waals surface area (Å²) in [4.78, 5) is 18.6. The molecule has 1 heterocycles. The lowest BCUT2D eigenvalue weighted by atomic mass is 10.1. The molecule has 0 unspecified atom stereocenters. The smallest absolute Gasteiger partial charge is 0.317 e. The van der Waals surface area contributed by atoms with E-state index < -0.39 is 9.84 Å². The van der Waals surface area contributed by atoms with Gasteiger partial charge in [-0.05, 0) is 43.7 Å². The lowest BCUT2D eigenvalue weighted by molar-refractivity contribution is 0.190. The van der Waals surface area contributed by atoms with Crippen molar-refractivity contribution in [3.05, 3.63) is 47.3 Å². The number of carbonyl (C=O) groups excluding carboxylic acids is 1. The topological polar surface area (TPSA) is 84.3 Å². The van der Waals surface area contributed by atoms with Gasteiger partial charge in [0.05, 0.1) is 24.2 Å². The van der Waals surface area contributed by atoms with Gasteiger partial charge in [0.2, 0.25) is 15.0 Å². The van der Waals surface area contributed by atoms with Crippen molar-refractivity contribution in [2.75, 3.05) is 6.54 Å². The maximum atomic E-state index is 13.3. The molecule has 2 amide bonds. The van der Waals surface area contributed by atoms with Gasteiger partial charge in [0.1, 0.15) is 0 Å². The van der Waals surface area contributed by atoms with Crippen LogP contribution in [0.2, 0.25) is 0 Å². The van der Waals surface area contributed by atoms with Crippen molar-refractivity contribution < 1.29 is 13.2 Å². The first kappa shape index (κ1) is 22.3. The summed E-state index contributed by atoms with van der Waals surface area (Å²) in [5, 5.41) is 2.95. The van der Waals surface area contributed by atoms with Crippen LogP contribution in [0.1, 0.15) is 50.4 Å². The first-order chi connectivity index (χ1) is 14.2. The van der Waals surface area contributed by atoms with Gasteiger partial charge in [-0.1, -0.05) is 38.1 Å². The molecule has 0 atom stereocenters. The first-order valence-electron chi connectivity index (χ1n) is 10.6. The van der Waals surface area contributed by atoms with Crippen molar-refractivity contribution in [2.45, 2.75) is 70.6 Å². The number of sulfone groups is 1. The van der Waals surface area contributed by atoms with Crippen molar-refractivity contribution >= 4 is 15.9 Å². The van der Waals surface area contributed by atoms with Gasteiger partial charge in [-0.25, -0.2) is 18.2 Å². The first-order valence-corrected chi connectivity index (χ1v) is 12.2. The molecule has 8 heteroatoms. The molecule has 0 radical (unpaired) electrons. The van der Waals surface area contributed by atoms with Gasteiger partial charge in [0.15, 0.2) is 0 Å². The molecule has 7 nitrogen and oxygen atoms in total. The van der Waals surface area contributed by atoms with Crippen LogP contribution in [0.5, 0.6) is 0 Å². The molecule has 1 aromatic carbocycles. The van der Waals surface area contributed by atoms with Gasteiger partial charge < -0.3 is 14.8 Å². The summed E-state index contributed by atoms with van der Waals surface area (Å²) in [5.41, 5.74) is 2.48. The summed E-state index contributed by atoms with van der Waals surface area (Å²) in [6, 6.07) is 7.61. The van der Waals surface area contributed by atoms with E-state index in [2.05, 4.69) is 10.3 Å². The zero-order valence-corrected chi connectivity index (χ0v) is 19.1. The van der Waals surface area contributed by atoms with Gasteiger partial charge in [-0.15, -0.1) is 0 Å². The van der Waals surface area contributed by atoms with Gasteiger partial charge in [-0.2, -0.15) is 0 Å². The predicted molar refractivity (Wildman–Crippen MR) is 117 cm³/mol. The third kappa shape index (κ3) is 5.22. The largest absolute Gasteiger partial charge is 0.338 e. The van der Waals surface area contributed by atoms with Crippen LogP contribution < -0.4 is 5.32 Å². The highest BCUT2D eigenvalue weighted by molar-refractivity contribution is 7.90. The van der Waals surface area contributed by atoms with Crippen LogP contribution in [0.4, 0.5) is 4.79 Å². The fourth-order valence-electron chi connectivity index (χ4n) is 3.55. The van der Waals surface area contributed by atoms with Crippen molar-refractivity contribution in [1.82, 2.24) is 19.8 Å². The SMILES string of the molecule is CCNC(=O)N(Cc1cnc(S(=O)(=O)Cc2ccccc2C)n1CC(C)C)C1CC1. The lowest BCUT2D eigenvalue weighted by Gasteiger charge is -2.24. The monoisotopic (exact) mass is 432 g/mol. The third-order valence-corrected chi connectivity index (χ3v) is 6.82. The van der Waals surface area contributed by atoms with E-state index in [1.54, 1.807) is 15.7 Å². The molecule has 0 spiro atoms. The second kappa shape index (κ2) is 9.20. The number of aryl methyl sites for hydroxylation is 1. The Morgan fingerprint density at radius 2 is 2.00 bits per heavy atom. The van der Waals surface area contributed by atoms with Crippen LogP contribution in [0.15, 0.2) is 35.6 Å². The van der Waals surface area contributed by atoms with Gasteiger partial charge in [0.25, 0.3) is 0 Å². The van der Waals surface area contributed by atoms with Crippen molar-refractivity contribution in [1.29, 1.82) is 0 Å². The molecule has 1 N–H and O–H groups in total. The second-order valence-corrected chi connectivity index (χ2v) is 10.3. The number of benzene rings is 1. The fraction of sp³-hybridized carbons (Fsp3) is 0.545. The normalized spacial score (nSPS) is 14.2. The number of urea groups is 1. The Labute approximate surface area is 179 Å². The zero-order chi connectivity index (χ0) is 21.9. The molecule has 0 saturated heterocycles. The lowest BCUT2D eigenvalue weighted by Crippen LogP contribution is -2.41. The van der Waals surface area contributed by atoms with E-state index in [-0.39, 0.29) is 28.9 Å². The van der Waals surface area contributed by atoms with Crippen LogP contribution in [0.3, 0.4) is 0 Å². The number of hydrogen-bond donors (Lipinski definition) is 1. The van der Waals surface area contributed by atoms with E-state index in [9.17, 15) is 13.2 Å². The van der Waals surface area contributed by atoms with E-state index in [1.807, 2.05) is 52.0 Å². The Bertz CT molecular complexity index is 994. The predicted octanol–water partition coefficient (Wildman–Crippen LogP) is 3.52. The van der Waals surface area contributed by atoms with E-state index >= 15 is 0 Å². The van der Waals surface area contributed by atoms with Crippen LogP contribution in [0.25, 0.3) is 0 Å². The Morgan fingerprint density at radius 3 is 2.60 bits per heavy atom. The van der Waals surface area contributed by atoms with Crippen LogP contribution in [-0.4, -0.2) is 41.5 Å². The number of amides is 2. The Kier molecular flexibility index (Phi) is 6.85. The molecule has 1 aromatic heterocycles. The molecule has 164 valence electrons. The molecule has 3 rings (SSSR count). The quantitative estimate of drug-likeness (QED) is 0.657. The number of aromatic nitrogens is 2. The van der Waals surface area contributed by atoms with Gasteiger partial charge in [0, 0.05) is 19.1 Å². The zero-order valence-electron chi connectivity index (χ0n) is 18.3. The third-order valence-electron chi connectivity index (χ3n) is 5.24. The summed E-state index contributed by atoms with van der Waals surface area (Å²) in [5.74, 6) is 0.154. The fourth-order valence-corrected chi connectivity index (χ4v) is 5.15. The Morgan fingerprint density at radius 1 is 1.30 bits per heavy atom. The summed E-state index contributed by atoms with van der Waals surface area (Å²) in [6.07, 6.45) is 3.57. The van der Waals surface area contributed by atoms with E-state index in [4.69, 9.17) is 0 Å². The highest BCUT2D eigenvalue weighted by Gasteiger charge is 2.34. The molecule has 30 heavy (non-hydrogen) atoms. The molecular formula is C22H32N4O3S. The number of hydrogen-bond acceptors (Lipinski definition) is 4. The van der Waals surface area contributed by atoms with Crippen LogP contribution in [-0.2, 0) is 28.7 Å². The number of nitrogens with zero attached hydrogens (tertiary/aromatic N) is 3. The summed E-state index contributed by atoms with van der Waals surface area (Å²) >= 11 is 0. The molecule has 1 fully saturated rings. The summed E-state index contributed by atoms with van der Waals surface area (Å²) < 4.78 is 28.3. The van der Waals surface area contributed by atoms with E-state index in [1.165, 1.54) is 0 Å². The van der Waals surface area contributed by atoms with Crippen molar-refractivity contribution in [3.63, 3.8) is 0 Å². The minimum atomic E-state index is -3.63. The molecule has 1 saturated carbocycles. The summed E-state index contributed by atoms with van der Waals surface area (Å²) in [7, 11) is -3.63. The highest BCUT2D eigenvalue weighted by atomic mass is 32.2. The number of nitrogens with one attached hydrogen (secondary N) is 1. The minimum Gasteiger partial charge on any atom is -0.338 e. The highest BCUT2D eigenvalue weighted by Crippen LogP contribution is 2.29. The standard InChI is InChI=1S/C22H32N4O3S/c1-5-23-21(27)25(19-10-11-19)14-20-12-24-22(26(20)13-16(2)3)30(28,29)15-18-9-7-6-8-17(18)4/h6-9,12,16,19H,5,10-11,13-15H2,1-4H3,(H,23,27). The molecule has 1 aliphatic carbocycles. The molecule has 1 aliphatic rings. The molecule has 2 aromatic rings. The van der Waals surface area contributed by atoms with Gasteiger partial charge in [-0.3, -0.25) is 0 Å². The second-order valence-electron chi connectivity index (χ2n) is 8.42. The maximum Gasteiger partial charge on any atom is 0.317 e. The van der Waals surface area contributed by atoms with Crippen molar-refractivity contribution in [2.24, 2.45) is 5.92 Å². The average molecular weight is 433 g/mol. The molecule has 0 bridgehead atoms. The van der Waals surface area contributed by atoms with Crippen LogP contribution in [0, 0.1) is 12.8 Å². The Hall–Kier alpha value is -2.35. The Balaban J connectivity index is 1.93. The minimum absolute atomic E-state index is 0.0844. The van der Waals surface area contributed by atoms with Crippen LogP contribution >= 0.6 is 0 Å².